The van der Waals surface area contributed by atoms with Crippen molar-refractivity contribution in [3.8, 4) is 0 Å². The molecule has 0 radical (unpaired) electrons. The fraction of sp³-hybridized carbons (Fsp3) is 0.417. The first-order chi connectivity index (χ1) is 7.65. The molecule has 1 nitrogen and oxygen atoms in total. The molecule has 1 aromatic heterocycles. The lowest BCUT2D eigenvalue weighted by Gasteiger charge is -2.12. The number of allylic oxidation sites excluding steroid dienone is 1. The lowest BCUT2D eigenvalue weighted by atomic mass is 9.97. The molecule has 1 aliphatic carbocycles. The minimum Gasteiger partial charge on any atom is -0.293 e. The van der Waals surface area contributed by atoms with Crippen molar-refractivity contribution in [2.24, 2.45) is 5.92 Å². The number of thiophene rings is 1. The van der Waals surface area contributed by atoms with Crippen molar-refractivity contribution in [3.05, 3.63) is 31.8 Å². The summed E-state index contributed by atoms with van der Waals surface area (Å²) in [7, 11) is 0. The summed E-state index contributed by atoms with van der Waals surface area (Å²) in [6, 6.07) is 2.04. The van der Waals surface area contributed by atoms with Crippen LogP contribution in [0.1, 0.15) is 26.5 Å². The lowest BCUT2D eigenvalue weighted by Crippen LogP contribution is -2.19. The Morgan fingerprint density at radius 1 is 1.50 bits per heavy atom. The van der Waals surface area contributed by atoms with Gasteiger partial charge in [-0.05, 0) is 31.9 Å². The Hall–Kier alpha value is -0.250. The highest BCUT2D eigenvalue weighted by molar-refractivity contribution is 8.05. The molecule has 0 fully saturated rings. The molecule has 2 heterocycles. The molecule has 0 spiro atoms. The van der Waals surface area contributed by atoms with Gasteiger partial charge in [-0.25, -0.2) is 0 Å². The van der Waals surface area contributed by atoms with E-state index in [9.17, 15) is 4.79 Å². The fourth-order valence-electron chi connectivity index (χ4n) is 2.40. The van der Waals surface area contributed by atoms with E-state index in [4.69, 9.17) is 11.6 Å². The molecule has 0 saturated carbocycles. The van der Waals surface area contributed by atoms with Crippen molar-refractivity contribution in [2.45, 2.75) is 25.0 Å². The molecule has 2 atom stereocenters. The van der Waals surface area contributed by atoms with Gasteiger partial charge in [0.05, 0.1) is 10.3 Å². The average molecular weight is 271 g/mol. The van der Waals surface area contributed by atoms with Gasteiger partial charge in [0.2, 0.25) is 0 Å². The van der Waals surface area contributed by atoms with E-state index in [2.05, 4.69) is 6.92 Å². The molecule has 0 unspecified atom stereocenters. The normalized spacial score (nSPS) is 28.4. The Balaban J connectivity index is 2.04. The maximum absolute atomic E-state index is 12.4. The highest BCUT2D eigenvalue weighted by atomic mass is 35.5. The molecule has 0 aromatic carbocycles. The SMILES string of the molecule is Cc1cc2c(s1)CC[C@H]1SC(Cl)=C[C@H]1C2=O. The topological polar surface area (TPSA) is 17.1 Å². The zero-order chi connectivity index (χ0) is 11.3. The van der Waals surface area contributed by atoms with E-state index in [-0.39, 0.29) is 11.7 Å². The summed E-state index contributed by atoms with van der Waals surface area (Å²) in [6.45, 7) is 2.07. The fourth-order valence-corrected chi connectivity index (χ4v) is 5.03. The van der Waals surface area contributed by atoms with E-state index in [1.807, 2.05) is 12.1 Å². The first kappa shape index (κ1) is 10.9. The number of aryl methyl sites for hydroxylation is 2. The predicted octanol–water partition coefficient (Wildman–Crippen LogP) is 4.00. The van der Waals surface area contributed by atoms with Crippen LogP contribution in [0.5, 0.6) is 0 Å². The lowest BCUT2D eigenvalue weighted by molar-refractivity contribution is 0.0947. The Morgan fingerprint density at radius 2 is 2.31 bits per heavy atom. The van der Waals surface area contributed by atoms with Crippen molar-refractivity contribution in [1.29, 1.82) is 0 Å². The number of halogens is 1. The first-order valence-electron chi connectivity index (χ1n) is 5.32. The van der Waals surface area contributed by atoms with E-state index in [0.717, 1.165) is 22.8 Å². The Labute approximate surface area is 108 Å². The van der Waals surface area contributed by atoms with Gasteiger partial charge in [-0.3, -0.25) is 4.79 Å². The third kappa shape index (κ3) is 1.66. The van der Waals surface area contributed by atoms with E-state index < -0.39 is 0 Å². The molecule has 84 valence electrons. The van der Waals surface area contributed by atoms with Gasteiger partial charge >= 0.3 is 0 Å². The summed E-state index contributed by atoms with van der Waals surface area (Å²) in [5, 5.41) is 0.361. The summed E-state index contributed by atoms with van der Waals surface area (Å²) in [4.78, 5) is 14.9. The van der Waals surface area contributed by atoms with Crippen LogP contribution >= 0.6 is 34.7 Å². The summed E-state index contributed by atoms with van der Waals surface area (Å²) in [6.07, 6.45) is 4.01. The second-order valence-electron chi connectivity index (χ2n) is 4.25. The number of ketones is 1. The van der Waals surface area contributed by atoms with Crippen LogP contribution < -0.4 is 0 Å². The van der Waals surface area contributed by atoms with E-state index >= 15 is 0 Å². The number of hydrogen-bond acceptors (Lipinski definition) is 3. The van der Waals surface area contributed by atoms with Crippen molar-refractivity contribution in [2.75, 3.05) is 0 Å². The van der Waals surface area contributed by atoms with E-state index in [1.54, 1.807) is 23.1 Å². The minimum atomic E-state index is 0.00718. The van der Waals surface area contributed by atoms with Crippen molar-refractivity contribution >= 4 is 40.5 Å². The van der Waals surface area contributed by atoms with Crippen molar-refractivity contribution < 1.29 is 4.79 Å². The number of Topliss-reactive ketones (excluding diaryl/α,β-unsaturated/α-hetero) is 1. The number of carbonyl (C=O) groups is 1. The van der Waals surface area contributed by atoms with Crippen LogP contribution in [-0.2, 0) is 6.42 Å². The molecule has 0 amide bonds. The van der Waals surface area contributed by atoms with Crippen molar-refractivity contribution in [1.82, 2.24) is 0 Å². The van der Waals surface area contributed by atoms with Gasteiger partial charge in [0.25, 0.3) is 0 Å². The van der Waals surface area contributed by atoms with Gasteiger partial charge in [-0.2, -0.15) is 0 Å². The van der Waals surface area contributed by atoms with Gasteiger partial charge in [0.1, 0.15) is 0 Å². The maximum Gasteiger partial charge on any atom is 0.172 e. The molecule has 3 rings (SSSR count). The van der Waals surface area contributed by atoms with Gasteiger partial charge in [-0.1, -0.05) is 11.6 Å². The summed E-state index contributed by atoms with van der Waals surface area (Å²) in [5.74, 6) is 0.276. The molecular formula is C12H11ClOS2. The Bertz CT molecular complexity index is 489. The molecule has 0 saturated heterocycles. The third-order valence-electron chi connectivity index (χ3n) is 3.13. The minimum absolute atomic E-state index is 0.00718. The maximum atomic E-state index is 12.4. The molecule has 2 aliphatic rings. The number of hydrogen-bond donors (Lipinski definition) is 0. The molecule has 16 heavy (non-hydrogen) atoms. The van der Waals surface area contributed by atoms with Gasteiger partial charge in [0, 0.05) is 20.6 Å². The number of fused-ring (bicyclic) bond motifs is 2. The van der Waals surface area contributed by atoms with Gasteiger partial charge in [0.15, 0.2) is 5.78 Å². The quantitative estimate of drug-likeness (QED) is 0.709. The van der Waals surface area contributed by atoms with Gasteiger partial charge < -0.3 is 0 Å². The largest absolute Gasteiger partial charge is 0.293 e. The summed E-state index contributed by atoms with van der Waals surface area (Å²) < 4.78 is 0.791. The number of thioether (sulfide) groups is 1. The van der Waals surface area contributed by atoms with Crippen LogP contribution in [0.25, 0.3) is 0 Å². The molecule has 1 aromatic rings. The number of carbonyl (C=O) groups excluding carboxylic acids is 1. The van der Waals surface area contributed by atoms with Crippen LogP contribution in [0, 0.1) is 12.8 Å². The van der Waals surface area contributed by atoms with Crippen molar-refractivity contribution in [3.63, 3.8) is 0 Å². The molecule has 0 bridgehead atoms. The highest BCUT2D eigenvalue weighted by Crippen LogP contribution is 2.45. The standard InChI is InChI=1S/C12H11ClOS2/c1-6-4-7-9(15-6)2-3-10-8(12(7)14)5-11(13)16-10/h4-5,8,10H,2-3H2,1H3/t8-,10-/m1/s1. The second kappa shape index (κ2) is 3.90. The van der Waals surface area contributed by atoms with E-state index in [1.165, 1.54) is 9.75 Å². The summed E-state index contributed by atoms with van der Waals surface area (Å²) in [5.41, 5.74) is 0.943. The molecule has 1 aliphatic heterocycles. The zero-order valence-electron chi connectivity index (χ0n) is 8.83. The predicted molar refractivity (Wildman–Crippen MR) is 70.5 cm³/mol. The monoisotopic (exact) mass is 270 g/mol. The van der Waals surface area contributed by atoms with Crippen LogP contribution in [0.3, 0.4) is 0 Å². The Morgan fingerprint density at radius 3 is 3.12 bits per heavy atom. The first-order valence-corrected chi connectivity index (χ1v) is 7.40. The summed E-state index contributed by atoms with van der Waals surface area (Å²) >= 11 is 9.43. The third-order valence-corrected chi connectivity index (χ3v) is 5.83. The molecule has 0 N–H and O–H groups in total. The van der Waals surface area contributed by atoms with E-state index in [0.29, 0.717) is 5.25 Å². The Kier molecular flexibility index (Phi) is 2.65. The highest BCUT2D eigenvalue weighted by Gasteiger charge is 2.37. The zero-order valence-corrected chi connectivity index (χ0v) is 11.2. The van der Waals surface area contributed by atoms with Gasteiger partial charge in [-0.15, -0.1) is 23.1 Å². The van der Waals surface area contributed by atoms with Crippen LogP contribution in [0.15, 0.2) is 16.5 Å². The second-order valence-corrected chi connectivity index (χ2v) is 7.50. The number of rotatable bonds is 0. The van der Waals surface area contributed by atoms with Crippen LogP contribution in [0.2, 0.25) is 0 Å². The van der Waals surface area contributed by atoms with Crippen LogP contribution in [0.4, 0.5) is 0 Å². The smallest absolute Gasteiger partial charge is 0.172 e. The molecule has 4 heteroatoms. The van der Waals surface area contributed by atoms with Crippen LogP contribution in [-0.4, -0.2) is 11.0 Å². The average Bonchev–Trinajstić information content (AvgIpc) is 2.75. The molecular weight excluding hydrogens is 260 g/mol.